The maximum atomic E-state index is 14.1. The Morgan fingerprint density at radius 3 is 2.61 bits per heavy atom. The second-order valence-electron chi connectivity index (χ2n) is 7.71. The minimum atomic E-state index is -0.706. The molecular weight excluding hydrogens is 428 g/mol. The molecule has 7 heteroatoms. The molecule has 0 amide bonds. The van der Waals surface area contributed by atoms with Crippen LogP contribution in [0.15, 0.2) is 54.3 Å². The molecule has 2 atom stereocenters. The van der Waals surface area contributed by atoms with Crippen LogP contribution in [-0.4, -0.2) is 40.7 Å². The Morgan fingerprint density at radius 1 is 1.33 bits per heavy atom. The maximum Gasteiger partial charge on any atom is 0.315 e. The second-order valence-corrected chi connectivity index (χ2v) is 7.71. The van der Waals surface area contributed by atoms with Gasteiger partial charge < -0.3 is 19.8 Å². The summed E-state index contributed by atoms with van der Waals surface area (Å²) in [7, 11) is 0. The number of cyclic esters (lactones) is 1. The molecule has 2 unspecified atom stereocenters. The molecule has 33 heavy (non-hydrogen) atoms. The molecule has 0 aliphatic carbocycles. The number of aliphatic hydroxyl groups is 2. The number of carbonyl (C=O) groups excluding carboxylic acids is 1. The van der Waals surface area contributed by atoms with Crippen molar-refractivity contribution in [3.05, 3.63) is 71.2 Å². The van der Waals surface area contributed by atoms with Crippen LogP contribution in [-0.2, 0) is 16.1 Å². The average Bonchev–Trinajstić information content (AvgIpc) is 3.18. The number of aliphatic hydroxyl groups excluding tert-OH is 2. The number of hydrogen-bond donors (Lipinski definition) is 2. The number of halogens is 2. The van der Waals surface area contributed by atoms with Gasteiger partial charge in [-0.2, -0.15) is 0 Å². The third-order valence-electron chi connectivity index (χ3n) is 5.61. The molecule has 1 fully saturated rings. The van der Waals surface area contributed by atoms with E-state index >= 15 is 0 Å². The number of benzene rings is 1. The van der Waals surface area contributed by atoms with E-state index in [9.17, 15) is 18.7 Å². The predicted molar refractivity (Wildman–Crippen MR) is 127 cm³/mol. The highest BCUT2D eigenvalue weighted by Crippen LogP contribution is 2.31. The summed E-state index contributed by atoms with van der Waals surface area (Å²) in [4.78, 5) is 14.3. The highest BCUT2D eigenvalue weighted by atomic mass is 19.1. The number of ether oxygens (including phenoxy) is 1. The van der Waals surface area contributed by atoms with E-state index < -0.39 is 17.7 Å². The summed E-state index contributed by atoms with van der Waals surface area (Å²) >= 11 is 0. The van der Waals surface area contributed by atoms with E-state index in [0.717, 1.165) is 36.1 Å². The van der Waals surface area contributed by atoms with Gasteiger partial charge in [0.05, 0.1) is 12.5 Å². The van der Waals surface area contributed by atoms with Crippen LogP contribution in [0.25, 0.3) is 0 Å². The highest BCUT2D eigenvalue weighted by molar-refractivity contribution is 5.77. The van der Waals surface area contributed by atoms with Crippen molar-refractivity contribution >= 4 is 5.97 Å². The minimum Gasteiger partial charge on any atom is -0.509 e. The lowest BCUT2D eigenvalue weighted by molar-refractivity contribution is -0.139. The van der Waals surface area contributed by atoms with E-state index in [4.69, 9.17) is 9.84 Å². The molecule has 2 N–H and O–H groups in total. The fourth-order valence-electron chi connectivity index (χ4n) is 3.80. The molecule has 5 nitrogen and oxygen atoms in total. The molecule has 0 saturated carbocycles. The van der Waals surface area contributed by atoms with Crippen molar-refractivity contribution in [3.8, 4) is 0 Å². The number of allylic oxidation sites excluding steroid dienone is 4. The summed E-state index contributed by atoms with van der Waals surface area (Å²) in [5.41, 5.74) is 1.53. The Labute approximate surface area is 196 Å². The number of esters is 1. The Kier molecular flexibility index (Phi) is 12.6. The molecule has 184 valence electrons. The minimum absolute atomic E-state index is 0.0395. The van der Waals surface area contributed by atoms with Gasteiger partial charge in [0.1, 0.15) is 17.3 Å². The zero-order valence-corrected chi connectivity index (χ0v) is 20.1. The van der Waals surface area contributed by atoms with Crippen LogP contribution in [0.3, 0.4) is 0 Å². The van der Waals surface area contributed by atoms with Crippen LogP contribution in [0.2, 0.25) is 0 Å². The largest absolute Gasteiger partial charge is 0.509 e. The van der Waals surface area contributed by atoms with Gasteiger partial charge in [-0.15, -0.1) is 0 Å². The van der Waals surface area contributed by atoms with Crippen LogP contribution in [0.4, 0.5) is 8.78 Å². The van der Waals surface area contributed by atoms with Gasteiger partial charge in [0.15, 0.2) is 5.83 Å². The van der Waals surface area contributed by atoms with Gasteiger partial charge in [-0.25, -0.2) is 8.78 Å². The van der Waals surface area contributed by atoms with Crippen molar-refractivity contribution in [2.45, 2.75) is 59.5 Å². The maximum absolute atomic E-state index is 14.1. The normalized spacial score (nSPS) is 18.2. The monoisotopic (exact) mass is 465 g/mol. The summed E-state index contributed by atoms with van der Waals surface area (Å²) in [5, 5.41) is 18.6. The zero-order valence-electron chi connectivity index (χ0n) is 20.1. The van der Waals surface area contributed by atoms with E-state index in [1.807, 2.05) is 27.7 Å². The summed E-state index contributed by atoms with van der Waals surface area (Å²) in [6.45, 7) is 12.9. The lowest BCUT2D eigenvalue weighted by Crippen LogP contribution is -2.33. The summed E-state index contributed by atoms with van der Waals surface area (Å²) in [5.74, 6) is -2.24. The quantitative estimate of drug-likeness (QED) is 0.241. The summed E-state index contributed by atoms with van der Waals surface area (Å²) in [6.07, 6.45) is 3.80. The first-order chi connectivity index (χ1) is 15.8. The van der Waals surface area contributed by atoms with Gasteiger partial charge in [0.2, 0.25) is 0 Å². The molecular formula is C26H37F2NO4. The van der Waals surface area contributed by atoms with Gasteiger partial charge >= 0.3 is 5.97 Å². The molecule has 0 spiro atoms. The smallest absolute Gasteiger partial charge is 0.315 e. The van der Waals surface area contributed by atoms with E-state index in [0.29, 0.717) is 19.6 Å². The standard InChI is InChI=1S/C24H31F2NO4.C2H6/c1-4-17(21-13-20(25)8-7-18(21)15-28)10-11-27(5-2)14-19-12-23(31-24(19)30)22(26)9-6-16(3)29;1-2/h6-9,13,17,19,28-29H,3-5,10-12,14-15H2,1-2H3;1-2H3/b9-6-,23-22+;. The van der Waals surface area contributed by atoms with Crippen LogP contribution >= 0.6 is 0 Å². The van der Waals surface area contributed by atoms with E-state index in [1.165, 1.54) is 12.1 Å². The lowest BCUT2D eigenvalue weighted by atomic mass is 9.89. The zero-order chi connectivity index (χ0) is 25.0. The average molecular weight is 466 g/mol. The molecule has 0 bridgehead atoms. The van der Waals surface area contributed by atoms with Crippen LogP contribution in [0, 0.1) is 11.7 Å². The van der Waals surface area contributed by atoms with E-state index in [1.54, 1.807) is 6.07 Å². The van der Waals surface area contributed by atoms with Gasteiger partial charge in [-0.1, -0.05) is 40.3 Å². The fourth-order valence-corrected chi connectivity index (χ4v) is 3.80. The lowest BCUT2D eigenvalue weighted by Gasteiger charge is -2.26. The van der Waals surface area contributed by atoms with Gasteiger partial charge in [-0.3, -0.25) is 4.79 Å². The number of nitrogens with zero attached hydrogens (tertiary/aromatic N) is 1. The molecule has 1 aliphatic heterocycles. The summed E-state index contributed by atoms with van der Waals surface area (Å²) < 4.78 is 33.0. The first-order valence-corrected chi connectivity index (χ1v) is 11.6. The SMILES string of the molecule is C=C(O)/C=C\C(F)=C1\CC(CN(CC)CCC(CC)c2cc(F)ccc2CO)C(=O)O1.CC. The van der Waals surface area contributed by atoms with Gasteiger partial charge in [0, 0.05) is 13.0 Å². The molecule has 1 aromatic carbocycles. The third-order valence-corrected chi connectivity index (χ3v) is 5.61. The third kappa shape index (κ3) is 8.74. The van der Waals surface area contributed by atoms with Gasteiger partial charge in [0.25, 0.3) is 0 Å². The van der Waals surface area contributed by atoms with Crippen LogP contribution < -0.4 is 0 Å². The van der Waals surface area contributed by atoms with Crippen molar-refractivity contribution in [2.75, 3.05) is 19.6 Å². The molecule has 1 aliphatic rings. The number of carbonyl (C=O) groups is 1. The van der Waals surface area contributed by atoms with Crippen molar-refractivity contribution in [3.63, 3.8) is 0 Å². The van der Waals surface area contributed by atoms with Crippen LogP contribution in [0.5, 0.6) is 0 Å². The van der Waals surface area contributed by atoms with Crippen molar-refractivity contribution < 1.29 is 28.5 Å². The Morgan fingerprint density at radius 2 is 2.03 bits per heavy atom. The second kappa shape index (κ2) is 14.6. The first kappa shape index (κ1) is 28.5. The van der Waals surface area contributed by atoms with Crippen molar-refractivity contribution in [2.24, 2.45) is 5.92 Å². The molecule has 2 rings (SSSR count). The van der Waals surface area contributed by atoms with E-state index in [-0.39, 0.29) is 36.3 Å². The Bertz CT molecular complexity index is 851. The molecule has 0 aromatic heterocycles. The summed E-state index contributed by atoms with van der Waals surface area (Å²) in [6, 6.07) is 4.45. The topological polar surface area (TPSA) is 70.0 Å². The molecule has 1 aromatic rings. The first-order valence-electron chi connectivity index (χ1n) is 11.6. The molecule has 1 saturated heterocycles. The number of hydrogen-bond acceptors (Lipinski definition) is 5. The van der Waals surface area contributed by atoms with Crippen LogP contribution in [0.1, 0.15) is 64.0 Å². The van der Waals surface area contributed by atoms with Crippen molar-refractivity contribution in [1.82, 2.24) is 4.90 Å². The highest BCUT2D eigenvalue weighted by Gasteiger charge is 2.34. The van der Waals surface area contributed by atoms with Gasteiger partial charge in [-0.05, 0) is 67.3 Å². The fraction of sp³-hybridized carbons (Fsp3) is 0.500. The predicted octanol–water partition coefficient (Wildman–Crippen LogP) is 5.92. The molecule has 0 radical (unpaired) electrons. The van der Waals surface area contributed by atoms with E-state index in [2.05, 4.69) is 11.5 Å². The Balaban J connectivity index is 0.00000265. The Hall–Kier alpha value is -2.51. The number of rotatable bonds is 11. The molecule has 1 heterocycles. The van der Waals surface area contributed by atoms with Crippen molar-refractivity contribution in [1.29, 1.82) is 0 Å².